The molecule has 0 spiro atoms. The molecule has 274 valence electrons. The summed E-state index contributed by atoms with van der Waals surface area (Å²) < 4.78 is 5.43. The molecule has 4 aromatic rings. The van der Waals surface area contributed by atoms with E-state index >= 15 is 0 Å². The number of nitrogens with zero attached hydrogens (tertiary/aromatic N) is 3. The number of rotatable bonds is 18. The van der Waals surface area contributed by atoms with E-state index in [-0.39, 0.29) is 30.9 Å². The second kappa shape index (κ2) is 19.9. The topological polar surface area (TPSA) is 146 Å². The monoisotopic (exact) mass is 734 g/mol. The van der Waals surface area contributed by atoms with E-state index in [0.29, 0.717) is 25.3 Å². The molecule has 13 heteroatoms. The summed E-state index contributed by atoms with van der Waals surface area (Å²) in [5, 5.41) is 23.6. The summed E-state index contributed by atoms with van der Waals surface area (Å²) in [5.74, 6) is -0.225. The van der Waals surface area contributed by atoms with Crippen molar-refractivity contribution in [1.29, 1.82) is 0 Å². The highest BCUT2D eigenvalue weighted by Gasteiger charge is 2.31. The highest BCUT2D eigenvalue weighted by Crippen LogP contribution is 2.23. The lowest BCUT2D eigenvalue weighted by atomic mass is 9.93. The molecule has 5 atom stereocenters. The van der Waals surface area contributed by atoms with E-state index < -0.39 is 30.3 Å². The fourth-order valence-electron chi connectivity index (χ4n) is 5.52. The van der Waals surface area contributed by atoms with Gasteiger partial charge in [0.1, 0.15) is 12.6 Å². The SMILES string of the molecule is CCC(C)c1nc(CN(C)C(=O)N[C@H](C(=O)N[C@@H](Cc2ccccc2)C[C@H](O)[C@H](Cc2ccccc2)NC(=O)OCc2cncs2)C(C)C)cs1. The number of aliphatic hydroxyl groups is 1. The Morgan fingerprint density at radius 3 is 2.20 bits per heavy atom. The van der Waals surface area contributed by atoms with Crippen molar-refractivity contribution in [2.75, 3.05) is 7.05 Å². The highest BCUT2D eigenvalue weighted by molar-refractivity contribution is 7.09. The first-order valence-electron chi connectivity index (χ1n) is 17.3. The van der Waals surface area contributed by atoms with Gasteiger partial charge in [-0.15, -0.1) is 22.7 Å². The number of aliphatic hydroxyl groups excluding tert-OH is 1. The van der Waals surface area contributed by atoms with E-state index in [9.17, 15) is 19.5 Å². The first-order chi connectivity index (χ1) is 24.5. The quantitative estimate of drug-likeness (QED) is 0.0940. The summed E-state index contributed by atoms with van der Waals surface area (Å²) in [6.07, 6.45) is 1.83. The van der Waals surface area contributed by atoms with Gasteiger partial charge in [-0.3, -0.25) is 9.78 Å². The fourth-order valence-corrected chi connectivity index (χ4v) is 6.98. The molecule has 0 radical (unpaired) electrons. The van der Waals surface area contributed by atoms with Crippen LogP contribution in [0.15, 0.2) is 77.8 Å². The van der Waals surface area contributed by atoms with Crippen LogP contribution in [0, 0.1) is 5.92 Å². The first-order valence-corrected chi connectivity index (χ1v) is 19.1. The van der Waals surface area contributed by atoms with Gasteiger partial charge in [-0.05, 0) is 42.7 Å². The summed E-state index contributed by atoms with van der Waals surface area (Å²) in [4.78, 5) is 51.2. The molecule has 11 nitrogen and oxygen atoms in total. The van der Waals surface area contributed by atoms with Crippen LogP contribution in [0.1, 0.15) is 73.2 Å². The summed E-state index contributed by atoms with van der Waals surface area (Å²) in [6.45, 7) is 8.39. The average Bonchev–Trinajstić information content (AvgIpc) is 3.82. The van der Waals surface area contributed by atoms with Gasteiger partial charge in [-0.1, -0.05) is 88.4 Å². The van der Waals surface area contributed by atoms with Crippen molar-refractivity contribution in [3.8, 4) is 0 Å². The molecular formula is C38H50N6O5S2. The predicted octanol–water partition coefficient (Wildman–Crippen LogP) is 6.30. The maximum atomic E-state index is 13.9. The van der Waals surface area contributed by atoms with Crippen molar-refractivity contribution in [3.05, 3.63) is 104 Å². The van der Waals surface area contributed by atoms with Crippen molar-refractivity contribution in [1.82, 2.24) is 30.8 Å². The number of carbonyl (C=O) groups excluding carboxylic acids is 3. The number of amides is 4. The number of urea groups is 1. The molecule has 0 aliphatic heterocycles. The summed E-state index contributed by atoms with van der Waals surface area (Å²) in [6, 6.07) is 16.8. The minimum atomic E-state index is -1.05. The third kappa shape index (κ3) is 12.7. The molecule has 0 fully saturated rings. The Balaban J connectivity index is 1.46. The van der Waals surface area contributed by atoms with Gasteiger partial charge in [0.25, 0.3) is 0 Å². The number of hydrogen-bond donors (Lipinski definition) is 4. The van der Waals surface area contributed by atoms with Crippen molar-refractivity contribution in [2.24, 2.45) is 5.92 Å². The van der Waals surface area contributed by atoms with Gasteiger partial charge < -0.3 is 30.7 Å². The molecule has 4 amide bonds. The molecule has 51 heavy (non-hydrogen) atoms. The first kappa shape index (κ1) is 39.5. The number of benzene rings is 2. The number of nitrogens with one attached hydrogen (secondary N) is 3. The smallest absolute Gasteiger partial charge is 0.407 e. The van der Waals surface area contributed by atoms with Gasteiger partial charge in [-0.2, -0.15) is 0 Å². The third-order valence-corrected chi connectivity index (χ3v) is 10.5. The number of carbonyl (C=O) groups is 3. The van der Waals surface area contributed by atoms with Crippen LogP contribution in [-0.4, -0.2) is 69.3 Å². The van der Waals surface area contributed by atoms with E-state index in [0.717, 1.165) is 33.1 Å². The van der Waals surface area contributed by atoms with E-state index in [1.165, 1.54) is 16.2 Å². The lowest BCUT2D eigenvalue weighted by Gasteiger charge is -2.30. The van der Waals surface area contributed by atoms with Crippen molar-refractivity contribution < 1.29 is 24.2 Å². The van der Waals surface area contributed by atoms with Gasteiger partial charge in [0.15, 0.2) is 0 Å². The largest absolute Gasteiger partial charge is 0.444 e. The Labute approximate surface area is 308 Å². The summed E-state index contributed by atoms with van der Waals surface area (Å²) in [7, 11) is 1.68. The van der Waals surface area contributed by atoms with Crippen LogP contribution < -0.4 is 16.0 Å². The highest BCUT2D eigenvalue weighted by atomic mass is 32.1. The molecular weight excluding hydrogens is 685 g/mol. The molecule has 2 aromatic carbocycles. The van der Waals surface area contributed by atoms with Crippen LogP contribution in [0.2, 0.25) is 0 Å². The van der Waals surface area contributed by atoms with E-state index in [1.54, 1.807) is 30.1 Å². The zero-order chi connectivity index (χ0) is 36.8. The average molecular weight is 735 g/mol. The second-order valence-electron chi connectivity index (χ2n) is 13.2. The van der Waals surface area contributed by atoms with Crippen LogP contribution in [0.5, 0.6) is 0 Å². The molecule has 4 rings (SSSR count). The van der Waals surface area contributed by atoms with Gasteiger partial charge >= 0.3 is 12.1 Å². The Kier molecular flexibility index (Phi) is 15.4. The molecule has 0 aliphatic rings. The maximum Gasteiger partial charge on any atom is 0.407 e. The summed E-state index contributed by atoms with van der Waals surface area (Å²) >= 11 is 2.98. The number of alkyl carbamates (subject to hydrolysis) is 1. The maximum absolute atomic E-state index is 13.9. The van der Waals surface area contributed by atoms with Gasteiger partial charge in [0, 0.05) is 30.6 Å². The van der Waals surface area contributed by atoms with E-state index in [4.69, 9.17) is 9.72 Å². The Hall–Kier alpha value is -4.33. The number of ether oxygens (including phenoxy) is 1. The van der Waals surface area contributed by atoms with E-state index in [1.807, 2.05) is 79.9 Å². The van der Waals surface area contributed by atoms with Crippen LogP contribution in [0.4, 0.5) is 9.59 Å². The predicted molar refractivity (Wildman–Crippen MR) is 202 cm³/mol. The Bertz CT molecular complexity index is 1640. The number of thiazole rings is 2. The standard InChI is InChI=1S/C38H50N6O5S2/c1-6-26(4)36-41-30(23-50-36)21-44(5)37(47)43-34(25(2)3)35(46)40-29(17-27-13-9-7-10-14-27)19-33(45)32(18-28-15-11-8-12-16-28)42-38(48)49-22-31-20-39-24-51-31/h7-16,20,23-26,29,32-34,45H,6,17-19,21-22H2,1-5H3,(H,40,46)(H,42,48)(H,43,47)/t26?,29-,32-,33-,34-/m0/s1. The van der Waals surface area contributed by atoms with Crippen LogP contribution >= 0.6 is 22.7 Å². The zero-order valence-corrected chi connectivity index (χ0v) is 31.6. The molecule has 0 bridgehead atoms. The second-order valence-corrected chi connectivity index (χ2v) is 15.1. The van der Waals surface area contributed by atoms with Crippen LogP contribution in [0.3, 0.4) is 0 Å². The summed E-state index contributed by atoms with van der Waals surface area (Å²) in [5.41, 5.74) is 4.37. The fraction of sp³-hybridized carbons (Fsp3) is 0.447. The minimum Gasteiger partial charge on any atom is -0.444 e. The van der Waals surface area contributed by atoms with Crippen molar-refractivity contribution >= 4 is 40.7 Å². The molecule has 1 unspecified atom stereocenters. The van der Waals surface area contributed by atoms with Gasteiger partial charge in [0.05, 0.1) is 39.8 Å². The molecule has 0 saturated carbocycles. The molecule has 0 saturated heterocycles. The minimum absolute atomic E-state index is 0.0672. The van der Waals surface area contributed by atoms with Crippen molar-refractivity contribution in [3.63, 3.8) is 0 Å². The number of hydrogen-bond acceptors (Lipinski definition) is 9. The van der Waals surface area contributed by atoms with E-state index in [2.05, 4.69) is 34.8 Å². The zero-order valence-electron chi connectivity index (χ0n) is 30.0. The molecule has 2 heterocycles. The molecule has 2 aromatic heterocycles. The normalized spacial score (nSPS) is 14.2. The Morgan fingerprint density at radius 1 is 0.922 bits per heavy atom. The lowest BCUT2D eigenvalue weighted by Crippen LogP contribution is -2.55. The van der Waals surface area contributed by atoms with Crippen molar-refractivity contribution in [2.45, 2.75) is 96.7 Å². The van der Waals surface area contributed by atoms with Crippen LogP contribution in [0.25, 0.3) is 0 Å². The van der Waals surface area contributed by atoms with Crippen LogP contribution in [-0.2, 0) is 35.5 Å². The molecule has 0 aliphatic carbocycles. The third-order valence-electron chi connectivity index (χ3n) is 8.67. The Morgan fingerprint density at radius 2 is 1.59 bits per heavy atom. The number of aromatic nitrogens is 2. The lowest BCUT2D eigenvalue weighted by molar-refractivity contribution is -0.124. The van der Waals surface area contributed by atoms with Gasteiger partial charge in [0.2, 0.25) is 5.91 Å². The van der Waals surface area contributed by atoms with Gasteiger partial charge in [-0.25, -0.2) is 14.6 Å². The molecule has 4 N–H and O–H groups in total.